The van der Waals surface area contributed by atoms with Crippen LogP contribution in [-0.4, -0.2) is 264 Å². The Kier molecular flexibility index (Phi) is 20.2. The van der Waals surface area contributed by atoms with Crippen LogP contribution in [0.4, 0.5) is 0 Å². The summed E-state index contributed by atoms with van der Waals surface area (Å²) in [6, 6.07) is 1.38. The van der Waals surface area contributed by atoms with Gasteiger partial charge in [0.05, 0.1) is 51.5 Å². The second-order valence-corrected chi connectivity index (χ2v) is 19.8. The summed E-state index contributed by atoms with van der Waals surface area (Å²) >= 11 is 0. The first-order valence-electron chi connectivity index (χ1n) is 25.4. The van der Waals surface area contributed by atoms with E-state index in [0.717, 1.165) is 4.90 Å². The minimum Gasteiger partial charge on any atom is -0.462 e. The van der Waals surface area contributed by atoms with E-state index in [0.29, 0.717) is 5.56 Å². The summed E-state index contributed by atoms with van der Waals surface area (Å²) in [7, 11) is 0. The minimum absolute atomic E-state index is 0.0162. The number of rotatable bonds is 14. The Bertz CT molecular complexity index is 2570. The molecule has 0 radical (unpaired) electrons. The summed E-state index contributed by atoms with van der Waals surface area (Å²) in [5.74, 6) is -8.63. The van der Waals surface area contributed by atoms with E-state index in [2.05, 4.69) is 47.2 Å². The average molecular weight is 1130 g/mol. The zero-order valence-electron chi connectivity index (χ0n) is 42.8. The number of ether oxygens (including phenoxy) is 3. The third-order valence-electron chi connectivity index (χ3n) is 14.4. The van der Waals surface area contributed by atoms with Gasteiger partial charge in [0.1, 0.15) is 97.0 Å². The number of aliphatic imine (C=N–C) groups is 2. The van der Waals surface area contributed by atoms with Gasteiger partial charge in [-0.2, -0.15) is 0 Å². The first-order chi connectivity index (χ1) is 38.1. The number of carbonyl (C=O) groups is 6. The minimum atomic E-state index is -2.31. The molecule has 3 saturated heterocycles. The Morgan fingerprint density at radius 1 is 0.625 bits per heavy atom. The average Bonchev–Trinajstić information content (AvgIpc) is 4.07. The van der Waals surface area contributed by atoms with Crippen LogP contribution in [0.2, 0.25) is 0 Å². The van der Waals surface area contributed by atoms with Crippen LogP contribution in [0.25, 0.3) is 0 Å². The molecule has 0 aliphatic carbocycles. The Hall–Kier alpha value is -6.92. The maximum Gasteiger partial charge on any atom is 0.246 e. The van der Waals surface area contributed by atoms with Crippen molar-refractivity contribution in [1.82, 2.24) is 42.1 Å². The molecule has 0 bridgehead atoms. The molecular formula is C48H68N12O20. The molecule has 3 fully saturated rings. The van der Waals surface area contributed by atoms with Gasteiger partial charge in [0.15, 0.2) is 18.1 Å². The van der Waals surface area contributed by atoms with E-state index in [4.69, 9.17) is 25.7 Å². The van der Waals surface area contributed by atoms with Gasteiger partial charge in [-0.15, -0.1) is 0 Å². The fourth-order valence-electron chi connectivity index (χ4n) is 9.71. The summed E-state index contributed by atoms with van der Waals surface area (Å²) in [4.78, 5) is 95.3. The van der Waals surface area contributed by atoms with E-state index in [9.17, 15) is 84.9 Å². The fraction of sp³-hybridized carbons (Fsp3) is 0.583. The number of nitrogens with zero attached hydrogens (tertiary/aromatic N) is 3. The first-order valence-corrected chi connectivity index (χ1v) is 25.4. The lowest BCUT2D eigenvalue weighted by atomic mass is 9.92. The maximum atomic E-state index is 14.9. The van der Waals surface area contributed by atoms with E-state index in [1.165, 1.54) is 24.3 Å². The lowest BCUT2D eigenvalue weighted by Crippen LogP contribution is -2.70. The number of aliphatic hydroxyl groups is 11. The number of nitrogens with one attached hydrogen (secondary N) is 7. The molecule has 0 saturated carbocycles. The Morgan fingerprint density at radius 3 is 1.84 bits per heavy atom. The SMILES string of the molecule is CC(c1ccccc1)[C@@H]1NC(=O)CNC(=O)[C@H](CO)NC(=O)[C@@H](C(O)C2CN=C(N)N2[C@H]2O[C@H](CO)[C@@H](O)[C@H](O)[C@@H]2O)NC(=O)[C@H](C(O)C2CN=C(N)N2)NC(=O)[C@@H](Cc2ccc(O[C@@H]3O[C@H](CO)[C@@H](O)[C@H](O)[C@@H]3O)cc2)NC1=O. The van der Waals surface area contributed by atoms with Crippen LogP contribution in [0, 0.1) is 0 Å². The highest BCUT2D eigenvalue weighted by Crippen LogP contribution is 2.30. The van der Waals surface area contributed by atoms with Crippen molar-refractivity contribution < 1.29 is 99.1 Å². The second kappa shape index (κ2) is 26.6. The maximum absolute atomic E-state index is 14.9. The topological polar surface area (TPSA) is 517 Å². The van der Waals surface area contributed by atoms with E-state index in [1.54, 1.807) is 37.3 Å². The normalized spacial score (nSPS) is 35.2. The number of guanidine groups is 2. The zero-order chi connectivity index (χ0) is 58.3. The van der Waals surface area contributed by atoms with Gasteiger partial charge in [0, 0.05) is 12.3 Å². The molecule has 22 N–H and O–H groups in total. The molecule has 5 aliphatic rings. The van der Waals surface area contributed by atoms with Gasteiger partial charge in [-0.1, -0.05) is 49.4 Å². The molecule has 440 valence electrons. The van der Waals surface area contributed by atoms with Gasteiger partial charge < -0.3 is 124 Å². The Labute approximate surface area is 455 Å². The van der Waals surface area contributed by atoms with Crippen molar-refractivity contribution in [2.45, 2.75) is 135 Å². The standard InChI is InChI=1S/C48H68N12O20/c1-18(20-5-3-2-4-6-20)29-42(75)54-22(11-19-7-9-21(10-8-19)78-46-39(72)37(70)35(68)27(17-63)80-46)41(74)58-30(32(65)23-12-52-47(49)56-23)44(77)59-31(43(76)55-24(15-61)40(73)51-14-28(64)57-29)33(66)25-13-53-48(50)60(25)45-38(71)36(69)34(67)26(16-62)79-45/h2-10,18,22-27,29-39,45-46,61-63,65-72H,11-17H2,1H3,(H2,50,53)(H,51,73)(H,54,75)(H,55,76)(H,57,64)(H,58,74)(H,59,77)(H3,49,52,56)/t18?,22-,23?,24+,25?,26-,27-,29+,30+,31-,32?,33?,34-,35-,36+,37+,38+,39+,45+,46-/m1/s1. The van der Waals surface area contributed by atoms with Gasteiger partial charge in [-0.25, -0.2) is 0 Å². The van der Waals surface area contributed by atoms with E-state index >= 15 is 0 Å². The lowest BCUT2D eigenvalue weighted by Gasteiger charge is -2.46. The van der Waals surface area contributed by atoms with Crippen molar-refractivity contribution >= 4 is 47.4 Å². The molecule has 5 unspecified atom stereocenters. The second-order valence-electron chi connectivity index (χ2n) is 19.8. The van der Waals surface area contributed by atoms with Crippen LogP contribution in [0.15, 0.2) is 64.6 Å². The molecule has 7 rings (SSSR count). The summed E-state index contributed by atoms with van der Waals surface area (Å²) in [6.45, 7) is -2.86. The van der Waals surface area contributed by atoms with Gasteiger partial charge >= 0.3 is 0 Å². The van der Waals surface area contributed by atoms with Gasteiger partial charge in [0.2, 0.25) is 41.7 Å². The van der Waals surface area contributed by atoms with E-state index in [-0.39, 0.29) is 23.8 Å². The number of benzene rings is 2. The number of hydrogen-bond acceptors (Lipinski definition) is 26. The van der Waals surface area contributed by atoms with Crippen molar-refractivity contribution in [3.63, 3.8) is 0 Å². The number of amides is 6. The summed E-state index contributed by atoms with van der Waals surface area (Å²) in [6.07, 6.45) is -21.9. The molecule has 32 nitrogen and oxygen atoms in total. The highest BCUT2D eigenvalue weighted by molar-refractivity contribution is 5.98. The molecule has 6 amide bonds. The van der Waals surface area contributed by atoms with Crippen molar-refractivity contribution in [2.75, 3.05) is 39.5 Å². The molecule has 5 aliphatic heterocycles. The Balaban J connectivity index is 1.26. The van der Waals surface area contributed by atoms with Crippen LogP contribution in [0.1, 0.15) is 24.0 Å². The largest absolute Gasteiger partial charge is 0.462 e. The summed E-state index contributed by atoms with van der Waals surface area (Å²) in [5, 5.41) is 134. The lowest BCUT2D eigenvalue weighted by molar-refractivity contribution is -0.277. The summed E-state index contributed by atoms with van der Waals surface area (Å²) < 4.78 is 16.8. The highest BCUT2D eigenvalue weighted by Gasteiger charge is 2.52. The molecular weight excluding hydrogens is 1060 g/mol. The summed E-state index contributed by atoms with van der Waals surface area (Å²) in [5.41, 5.74) is 12.9. The van der Waals surface area contributed by atoms with Crippen LogP contribution in [0.5, 0.6) is 5.75 Å². The molecule has 5 heterocycles. The van der Waals surface area contributed by atoms with Crippen LogP contribution in [-0.2, 0) is 44.7 Å². The predicted molar refractivity (Wildman–Crippen MR) is 270 cm³/mol. The van der Waals surface area contributed by atoms with Crippen molar-refractivity contribution in [2.24, 2.45) is 21.5 Å². The zero-order valence-corrected chi connectivity index (χ0v) is 42.8. The Morgan fingerprint density at radius 2 is 1.21 bits per heavy atom. The number of hydrogen-bond donors (Lipinski definition) is 20. The fourth-order valence-corrected chi connectivity index (χ4v) is 9.71. The molecule has 0 spiro atoms. The van der Waals surface area contributed by atoms with Crippen molar-refractivity contribution in [1.29, 1.82) is 0 Å². The molecule has 20 atom stereocenters. The molecule has 80 heavy (non-hydrogen) atoms. The molecule has 2 aromatic carbocycles. The third-order valence-corrected chi connectivity index (χ3v) is 14.4. The van der Waals surface area contributed by atoms with Crippen LogP contribution < -0.4 is 53.4 Å². The monoisotopic (exact) mass is 1130 g/mol. The highest BCUT2D eigenvalue weighted by atomic mass is 16.7. The van der Waals surface area contributed by atoms with Gasteiger partial charge in [0.25, 0.3) is 0 Å². The third kappa shape index (κ3) is 13.6. The number of carbonyl (C=O) groups excluding carboxylic acids is 6. The van der Waals surface area contributed by atoms with Crippen molar-refractivity contribution in [3.05, 3.63) is 65.7 Å². The quantitative estimate of drug-likeness (QED) is 0.0835. The number of aliphatic hydroxyl groups excluding tert-OH is 11. The first kappa shape index (κ1) is 60.7. The molecule has 2 aromatic rings. The van der Waals surface area contributed by atoms with E-state index < -0.39 is 203 Å². The number of nitrogens with two attached hydrogens (primary N) is 2. The van der Waals surface area contributed by atoms with Crippen LogP contribution >= 0.6 is 0 Å². The van der Waals surface area contributed by atoms with E-state index in [1.807, 2.05) is 0 Å². The van der Waals surface area contributed by atoms with Gasteiger partial charge in [-0.05, 0) is 23.3 Å². The molecule has 0 aromatic heterocycles. The smallest absolute Gasteiger partial charge is 0.246 e. The van der Waals surface area contributed by atoms with Crippen LogP contribution in [0.3, 0.4) is 0 Å². The van der Waals surface area contributed by atoms with Gasteiger partial charge in [-0.3, -0.25) is 38.8 Å². The van der Waals surface area contributed by atoms with Crippen molar-refractivity contribution in [3.8, 4) is 5.75 Å². The molecule has 32 heteroatoms. The predicted octanol–water partition coefficient (Wildman–Crippen LogP) is -11.4.